The third kappa shape index (κ3) is 3.72. The first-order chi connectivity index (χ1) is 13.1. The number of amides is 1. The Hall–Kier alpha value is -2.70. The summed E-state index contributed by atoms with van der Waals surface area (Å²) in [5.41, 5.74) is 3.70. The molecule has 7 heteroatoms. The first-order valence-corrected chi connectivity index (χ1v) is 9.80. The van der Waals surface area contributed by atoms with Crippen LogP contribution in [0.1, 0.15) is 21.6 Å². The number of halogens is 1. The summed E-state index contributed by atoms with van der Waals surface area (Å²) in [6, 6.07) is 15.2. The first-order valence-electron chi connectivity index (χ1n) is 8.55. The van der Waals surface area contributed by atoms with Crippen LogP contribution in [0.15, 0.2) is 53.9 Å². The smallest absolute Gasteiger partial charge is 0.252 e. The predicted molar refractivity (Wildman–Crippen MR) is 109 cm³/mol. The van der Waals surface area contributed by atoms with Gasteiger partial charge < -0.3 is 5.32 Å². The topological polar surface area (TPSA) is 59.3 Å². The normalized spacial score (nSPS) is 11.0. The molecule has 0 unspecified atom stereocenters. The number of benzene rings is 2. The highest BCUT2D eigenvalue weighted by molar-refractivity contribution is 7.15. The maximum Gasteiger partial charge on any atom is 0.252 e. The molecule has 5 nitrogen and oxygen atoms in total. The molecule has 1 amide bonds. The molecule has 4 aromatic rings. The zero-order valence-electron chi connectivity index (χ0n) is 14.6. The number of nitrogens with one attached hydrogen (secondary N) is 1. The summed E-state index contributed by atoms with van der Waals surface area (Å²) in [6.45, 7) is 2.55. The molecular weight excluding hydrogens is 380 g/mol. The minimum Gasteiger partial charge on any atom is -0.352 e. The van der Waals surface area contributed by atoms with Crippen molar-refractivity contribution in [1.82, 2.24) is 19.9 Å². The third-order valence-electron chi connectivity index (χ3n) is 4.24. The summed E-state index contributed by atoms with van der Waals surface area (Å²) in [7, 11) is 0. The number of thiazole rings is 1. The Labute approximate surface area is 165 Å². The molecule has 27 heavy (non-hydrogen) atoms. The lowest BCUT2D eigenvalue weighted by Gasteiger charge is -2.06. The zero-order chi connectivity index (χ0) is 18.8. The number of hydrogen-bond acceptors (Lipinski definition) is 4. The Kier molecular flexibility index (Phi) is 4.92. The van der Waals surface area contributed by atoms with E-state index in [1.54, 1.807) is 35.6 Å². The molecule has 0 aliphatic rings. The number of carbonyl (C=O) groups excluding carboxylic acids is 1. The number of fused-ring (bicyclic) bond motifs is 1. The summed E-state index contributed by atoms with van der Waals surface area (Å²) < 4.78 is 1.85. The van der Waals surface area contributed by atoms with E-state index >= 15 is 0 Å². The van der Waals surface area contributed by atoms with E-state index in [2.05, 4.69) is 34.5 Å². The number of carbonyl (C=O) groups is 1. The second-order valence-corrected chi connectivity index (χ2v) is 7.45. The van der Waals surface area contributed by atoms with E-state index < -0.39 is 0 Å². The molecule has 0 radical (unpaired) electrons. The van der Waals surface area contributed by atoms with Gasteiger partial charge in [-0.3, -0.25) is 4.79 Å². The number of hydrogen-bond donors (Lipinski definition) is 1. The molecule has 0 atom stereocenters. The van der Waals surface area contributed by atoms with E-state index in [4.69, 9.17) is 11.6 Å². The van der Waals surface area contributed by atoms with Gasteiger partial charge in [-0.05, 0) is 19.1 Å². The van der Waals surface area contributed by atoms with Gasteiger partial charge in [-0.1, -0.05) is 53.6 Å². The molecule has 2 aromatic carbocycles. The Morgan fingerprint density at radius 2 is 1.96 bits per heavy atom. The molecule has 1 N–H and O–H groups in total. The van der Waals surface area contributed by atoms with Crippen molar-refractivity contribution in [1.29, 1.82) is 0 Å². The molecule has 0 fully saturated rings. The Morgan fingerprint density at radius 3 is 2.74 bits per heavy atom. The molecule has 2 heterocycles. The Balaban J connectivity index is 1.46. The average Bonchev–Trinajstić information content (AvgIpc) is 3.24. The van der Waals surface area contributed by atoms with Crippen molar-refractivity contribution in [2.75, 3.05) is 6.54 Å². The molecule has 4 rings (SSSR count). The zero-order valence-corrected chi connectivity index (χ0v) is 16.2. The van der Waals surface area contributed by atoms with Crippen LogP contribution in [-0.2, 0) is 6.42 Å². The predicted octanol–water partition coefficient (Wildman–Crippen LogP) is 4.39. The van der Waals surface area contributed by atoms with Gasteiger partial charge in [0.25, 0.3) is 5.91 Å². The van der Waals surface area contributed by atoms with Crippen molar-refractivity contribution in [2.24, 2.45) is 0 Å². The van der Waals surface area contributed by atoms with Crippen LogP contribution in [0.3, 0.4) is 0 Å². The van der Waals surface area contributed by atoms with Gasteiger partial charge in [0.1, 0.15) is 0 Å². The van der Waals surface area contributed by atoms with Crippen LogP contribution < -0.4 is 5.32 Å². The van der Waals surface area contributed by atoms with Crippen molar-refractivity contribution in [3.05, 3.63) is 75.8 Å². The van der Waals surface area contributed by atoms with Gasteiger partial charge in [0.2, 0.25) is 4.96 Å². The van der Waals surface area contributed by atoms with Gasteiger partial charge in [-0.2, -0.15) is 4.98 Å². The van der Waals surface area contributed by atoms with Gasteiger partial charge in [0.05, 0.1) is 16.3 Å². The van der Waals surface area contributed by atoms with Gasteiger partial charge in [0.15, 0.2) is 5.82 Å². The molecule has 0 bridgehead atoms. The molecular formula is C20H17ClN4OS. The molecule has 0 saturated carbocycles. The monoisotopic (exact) mass is 396 g/mol. The lowest BCUT2D eigenvalue weighted by atomic mass is 10.1. The van der Waals surface area contributed by atoms with Crippen molar-refractivity contribution in [3.8, 4) is 11.4 Å². The van der Waals surface area contributed by atoms with Crippen LogP contribution in [-0.4, -0.2) is 27.0 Å². The molecule has 0 aliphatic carbocycles. The number of nitrogens with zero attached hydrogens (tertiary/aromatic N) is 3. The first kappa shape index (κ1) is 17.7. The van der Waals surface area contributed by atoms with Crippen LogP contribution in [0.25, 0.3) is 16.3 Å². The van der Waals surface area contributed by atoms with Gasteiger partial charge in [-0.25, -0.2) is 4.52 Å². The lowest BCUT2D eigenvalue weighted by molar-refractivity contribution is 0.0954. The lowest BCUT2D eigenvalue weighted by Crippen LogP contribution is -2.26. The summed E-state index contributed by atoms with van der Waals surface area (Å²) in [6.07, 6.45) is 0.660. The van der Waals surface area contributed by atoms with E-state index in [0.29, 0.717) is 29.4 Å². The highest BCUT2D eigenvalue weighted by atomic mass is 35.5. The standard InChI is InChI=1S/C20H17ClN4OS/c1-13-6-8-14(9-7-13)18-23-20-25(24-18)15(12-27-20)10-11-22-19(26)16-4-2-3-5-17(16)21/h2-9,12H,10-11H2,1H3,(H,22,26). The van der Waals surface area contributed by atoms with Crippen LogP contribution >= 0.6 is 22.9 Å². The van der Waals surface area contributed by atoms with Crippen LogP contribution in [0, 0.1) is 6.92 Å². The van der Waals surface area contributed by atoms with Crippen LogP contribution in [0.2, 0.25) is 5.02 Å². The second-order valence-electron chi connectivity index (χ2n) is 6.21. The van der Waals surface area contributed by atoms with Crippen molar-refractivity contribution in [3.63, 3.8) is 0 Å². The molecule has 0 aliphatic heterocycles. The molecule has 0 spiro atoms. The fraction of sp³-hybridized carbons (Fsp3) is 0.150. The highest BCUT2D eigenvalue weighted by Gasteiger charge is 2.13. The quantitative estimate of drug-likeness (QED) is 0.544. The largest absolute Gasteiger partial charge is 0.352 e. The maximum absolute atomic E-state index is 12.2. The van der Waals surface area contributed by atoms with Crippen molar-refractivity contribution in [2.45, 2.75) is 13.3 Å². The van der Waals surface area contributed by atoms with Crippen LogP contribution in [0.4, 0.5) is 0 Å². The van der Waals surface area contributed by atoms with Gasteiger partial charge in [0, 0.05) is 23.9 Å². The van der Waals surface area contributed by atoms with E-state index in [0.717, 1.165) is 16.2 Å². The number of aryl methyl sites for hydroxylation is 1. The molecule has 136 valence electrons. The van der Waals surface area contributed by atoms with E-state index in [-0.39, 0.29) is 5.91 Å². The Bertz CT molecular complexity index is 1100. The van der Waals surface area contributed by atoms with Gasteiger partial charge in [-0.15, -0.1) is 16.4 Å². The summed E-state index contributed by atoms with van der Waals surface area (Å²) in [4.78, 5) is 17.7. The second kappa shape index (κ2) is 7.50. The van der Waals surface area contributed by atoms with E-state index in [9.17, 15) is 4.79 Å². The SMILES string of the molecule is Cc1ccc(-c2nc3scc(CCNC(=O)c4ccccc4Cl)n3n2)cc1. The summed E-state index contributed by atoms with van der Waals surface area (Å²) >= 11 is 7.61. The van der Waals surface area contributed by atoms with Crippen molar-refractivity contribution < 1.29 is 4.79 Å². The highest BCUT2D eigenvalue weighted by Crippen LogP contribution is 2.21. The van der Waals surface area contributed by atoms with E-state index in [1.807, 2.05) is 22.0 Å². The van der Waals surface area contributed by atoms with Crippen LogP contribution in [0.5, 0.6) is 0 Å². The fourth-order valence-corrected chi connectivity index (χ4v) is 3.84. The number of aromatic nitrogens is 3. The van der Waals surface area contributed by atoms with E-state index in [1.165, 1.54) is 5.56 Å². The van der Waals surface area contributed by atoms with Crippen molar-refractivity contribution >= 4 is 33.8 Å². The minimum absolute atomic E-state index is 0.175. The summed E-state index contributed by atoms with van der Waals surface area (Å²) in [5.74, 6) is 0.536. The maximum atomic E-state index is 12.2. The fourth-order valence-electron chi connectivity index (χ4n) is 2.77. The number of rotatable bonds is 5. The average molecular weight is 397 g/mol. The summed E-state index contributed by atoms with van der Waals surface area (Å²) in [5, 5.41) is 10.0. The van der Waals surface area contributed by atoms with Gasteiger partial charge >= 0.3 is 0 Å². The minimum atomic E-state index is -0.175. The molecule has 0 saturated heterocycles. The molecule has 2 aromatic heterocycles. The Morgan fingerprint density at radius 1 is 1.19 bits per heavy atom. The third-order valence-corrected chi connectivity index (χ3v) is 5.44.